The summed E-state index contributed by atoms with van der Waals surface area (Å²) in [6.45, 7) is 1.87. The van der Waals surface area contributed by atoms with Gasteiger partial charge in [0.15, 0.2) is 16.5 Å². The summed E-state index contributed by atoms with van der Waals surface area (Å²) in [7, 11) is 1.36. The zero-order valence-corrected chi connectivity index (χ0v) is 16.6. The lowest BCUT2D eigenvalue weighted by atomic mass is 10.2. The number of imidazole rings is 1. The topological polar surface area (TPSA) is 86.7 Å². The lowest BCUT2D eigenvalue weighted by Gasteiger charge is -2.05. The first-order valence-electron chi connectivity index (χ1n) is 8.94. The minimum Gasteiger partial charge on any atom is -0.465 e. The predicted octanol–water partition coefficient (Wildman–Crippen LogP) is 3.31. The van der Waals surface area contributed by atoms with Gasteiger partial charge < -0.3 is 9.14 Å². The quantitative estimate of drug-likeness (QED) is 0.258. The van der Waals surface area contributed by atoms with E-state index in [2.05, 4.69) is 15.1 Å². The third-order valence-electron chi connectivity index (χ3n) is 4.54. The van der Waals surface area contributed by atoms with Gasteiger partial charge in [0.2, 0.25) is 0 Å². The molecule has 0 atom stereocenters. The monoisotopic (exact) mass is 404 g/mol. The number of ether oxygens (including phenoxy) is 1. The van der Waals surface area contributed by atoms with E-state index in [4.69, 9.17) is 9.72 Å². The number of methoxy groups -OCH3 is 1. The molecule has 0 amide bonds. The molecule has 0 fully saturated rings. The molecule has 9 heteroatoms. The van der Waals surface area contributed by atoms with Crippen molar-refractivity contribution in [1.29, 1.82) is 0 Å². The van der Waals surface area contributed by atoms with Gasteiger partial charge in [-0.15, -0.1) is 5.10 Å². The van der Waals surface area contributed by atoms with Crippen molar-refractivity contribution in [3.8, 4) is 0 Å². The van der Waals surface area contributed by atoms with Crippen LogP contribution in [0.3, 0.4) is 0 Å². The second-order valence-corrected chi connectivity index (χ2v) is 7.41. The summed E-state index contributed by atoms with van der Waals surface area (Å²) in [4.78, 5) is 25.9. The number of nitrogens with zero attached hydrogens (tertiary/aromatic N) is 6. The molecule has 4 heterocycles. The largest absolute Gasteiger partial charge is 0.465 e. The first-order chi connectivity index (χ1) is 14.1. The molecular weight excluding hydrogens is 388 g/mol. The second kappa shape index (κ2) is 6.85. The fourth-order valence-electron chi connectivity index (χ4n) is 3.27. The Kier molecular flexibility index (Phi) is 4.17. The van der Waals surface area contributed by atoms with E-state index in [9.17, 15) is 4.79 Å². The SMILES string of the molecule is COC(=O)c1cccn2cc(CSc3nc4ccccc4c4nc(C)nn34)nc12. The van der Waals surface area contributed by atoms with Crippen LogP contribution in [0.15, 0.2) is 53.9 Å². The standard InChI is InChI=1S/C20H16N6O2S/c1-12-21-18-14-6-3-4-8-16(14)23-20(26(18)24-12)29-11-13-10-25-9-5-7-15(17(25)22-13)19(27)28-2/h3-10H,11H2,1-2H3. The number of benzene rings is 1. The fraction of sp³-hybridized carbons (Fsp3) is 0.150. The smallest absolute Gasteiger partial charge is 0.341 e. The normalized spacial score (nSPS) is 11.5. The van der Waals surface area contributed by atoms with Crippen molar-refractivity contribution >= 4 is 39.9 Å². The lowest BCUT2D eigenvalue weighted by molar-refractivity contribution is 0.0602. The number of carbonyl (C=O) groups excluding carboxylic acids is 1. The van der Waals surface area contributed by atoms with Gasteiger partial charge >= 0.3 is 5.97 Å². The molecular formula is C20H16N6O2S. The van der Waals surface area contributed by atoms with Crippen molar-refractivity contribution in [3.05, 3.63) is 65.9 Å². The van der Waals surface area contributed by atoms with Gasteiger partial charge in [-0.2, -0.15) is 4.52 Å². The number of esters is 1. The van der Waals surface area contributed by atoms with E-state index < -0.39 is 5.97 Å². The molecule has 0 aliphatic rings. The van der Waals surface area contributed by atoms with E-state index in [1.54, 1.807) is 16.6 Å². The Bertz CT molecular complexity index is 1390. The maximum Gasteiger partial charge on any atom is 0.341 e. The van der Waals surface area contributed by atoms with Crippen molar-refractivity contribution in [1.82, 2.24) is 29.0 Å². The first-order valence-corrected chi connectivity index (χ1v) is 9.92. The number of fused-ring (bicyclic) bond motifs is 4. The molecule has 144 valence electrons. The van der Waals surface area contributed by atoms with Gasteiger partial charge in [-0.1, -0.05) is 23.9 Å². The molecule has 0 N–H and O–H groups in total. The Labute approximate surface area is 169 Å². The van der Waals surface area contributed by atoms with E-state index in [1.807, 2.05) is 48.0 Å². The molecule has 5 aromatic rings. The van der Waals surface area contributed by atoms with Crippen molar-refractivity contribution in [2.24, 2.45) is 0 Å². The number of carbonyl (C=O) groups is 1. The highest BCUT2D eigenvalue weighted by molar-refractivity contribution is 7.98. The highest BCUT2D eigenvalue weighted by Crippen LogP contribution is 2.26. The summed E-state index contributed by atoms with van der Waals surface area (Å²) in [5.41, 5.74) is 3.50. The van der Waals surface area contributed by atoms with Crippen LogP contribution in [0.2, 0.25) is 0 Å². The summed E-state index contributed by atoms with van der Waals surface area (Å²) in [6.07, 6.45) is 3.76. The first kappa shape index (κ1) is 17.6. The van der Waals surface area contributed by atoms with E-state index in [0.29, 0.717) is 22.8 Å². The van der Waals surface area contributed by atoms with Crippen LogP contribution in [0, 0.1) is 6.92 Å². The molecule has 0 unspecified atom stereocenters. The van der Waals surface area contributed by atoms with Crippen LogP contribution in [0.4, 0.5) is 0 Å². The summed E-state index contributed by atoms with van der Waals surface area (Å²) in [5.74, 6) is 0.860. The molecule has 0 spiro atoms. The maximum absolute atomic E-state index is 12.0. The zero-order chi connectivity index (χ0) is 20.0. The number of thioether (sulfide) groups is 1. The van der Waals surface area contributed by atoms with Crippen molar-refractivity contribution in [3.63, 3.8) is 0 Å². The molecule has 29 heavy (non-hydrogen) atoms. The van der Waals surface area contributed by atoms with E-state index in [0.717, 1.165) is 27.4 Å². The number of aromatic nitrogens is 6. The molecule has 8 nitrogen and oxygen atoms in total. The molecule has 0 aliphatic heterocycles. The van der Waals surface area contributed by atoms with Crippen molar-refractivity contribution in [2.45, 2.75) is 17.8 Å². The van der Waals surface area contributed by atoms with Crippen LogP contribution in [-0.2, 0) is 10.5 Å². The molecule has 0 radical (unpaired) electrons. The van der Waals surface area contributed by atoms with Gasteiger partial charge in [-0.05, 0) is 31.2 Å². The Hall–Kier alpha value is -3.46. The zero-order valence-electron chi connectivity index (χ0n) is 15.7. The van der Waals surface area contributed by atoms with Crippen LogP contribution >= 0.6 is 11.8 Å². The van der Waals surface area contributed by atoms with Crippen LogP contribution in [-0.4, -0.2) is 42.0 Å². The Balaban J connectivity index is 1.53. The van der Waals surface area contributed by atoms with Crippen molar-refractivity contribution < 1.29 is 9.53 Å². The molecule has 0 bridgehead atoms. The number of para-hydroxylation sites is 1. The summed E-state index contributed by atoms with van der Waals surface area (Å²) >= 11 is 1.52. The molecule has 4 aromatic heterocycles. The fourth-order valence-corrected chi connectivity index (χ4v) is 4.10. The average molecular weight is 404 g/mol. The van der Waals surface area contributed by atoms with Gasteiger partial charge in [0.25, 0.3) is 0 Å². The van der Waals surface area contributed by atoms with Crippen LogP contribution < -0.4 is 0 Å². The van der Waals surface area contributed by atoms with E-state index >= 15 is 0 Å². The maximum atomic E-state index is 12.0. The van der Waals surface area contributed by atoms with Crippen molar-refractivity contribution in [2.75, 3.05) is 7.11 Å². The van der Waals surface area contributed by atoms with Gasteiger partial charge in [0, 0.05) is 23.5 Å². The highest BCUT2D eigenvalue weighted by atomic mass is 32.2. The Morgan fingerprint density at radius 1 is 1.10 bits per heavy atom. The van der Waals surface area contributed by atoms with E-state index in [-0.39, 0.29) is 0 Å². The summed E-state index contributed by atoms with van der Waals surface area (Å²) in [6, 6.07) is 11.4. The summed E-state index contributed by atoms with van der Waals surface area (Å²) in [5, 5.41) is 6.21. The number of pyridine rings is 1. The van der Waals surface area contributed by atoms with Gasteiger partial charge in [0.05, 0.1) is 18.3 Å². The third kappa shape index (κ3) is 2.99. The number of hydrogen-bond acceptors (Lipinski definition) is 7. The predicted molar refractivity (Wildman–Crippen MR) is 109 cm³/mol. The van der Waals surface area contributed by atoms with Gasteiger partial charge in [-0.25, -0.2) is 19.7 Å². The van der Waals surface area contributed by atoms with E-state index in [1.165, 1.54) is 18.9 Å². The molecule has 5 rings (SSSR count). The Morgan fingerprint density at radius 3 is 2.83 bits per heavy atom. The average Bonchev–Trinajstić information content (AvgIpc) is 3.34. The van der Waals surface area contributed by atoms with Crippen LogP contribution in [0.5, 0.6) is 0 Å². The van der Waals surface area contributed by atoms with Crippen LogP contribution in [0.25, 0.3) is 22.2 Å². The number of aryl methyl sites for hydroxylation is 1. The lowest BCUT2D eigenvalue weighted by Crippen LogP contribution is -2.03. The number of hydrogen-bond donors (Lipinski definition) is 0. The van der Waals surface area contributed by atoms with Gasteiger partial charge in [0.1, 0.15) is 11.4 Å². The molecule has 0 aliphatic carbocycles. The number of rotatable bonds is 4. The highest BCUT2D eigenvalue weighted by Gasteiger charge is 2.15. The summed E-state index contributed by atoms with van der Waals surface area (Å²) < 4.78 is 8.45. The molecule has 0 saturated carbocycles. The molecule has 1 aromatic carbocycles. The minimum atomic E-state index is -0.406. The second-order valence-electron chi connectivity index (χ2n) is 6.47. The van der Waals surface area contributed by atoms with Crippen LogP contribution in [0.1, 0.15) is 21.9 Å². The Morgan fingerprint density at radius 2 is 1.97 bits per heavy atom. The van der Waals surface area contributed by atoms with Gasteiger partial charge in [-0.3, -0.25) is 0 Å². The third-order valence-corrected chi connectivity index (χ3v) is 5.50. The minimum absolute atomic E-state index is 0.406. The molecule has 0 saturated heterocycles.